The summed E-state index contributed by atoms with van der Waals surface area (Å²) < 4.78 is 15.3. The van der Waals surface area contributed by atoms with Crippen molar-refractivity contribution in [2.75, 3.05) is 21.3 Å². The number of hydrogen-bond donors (Lipinski definition) is 3. The molecule has 26 heavy (non-hydrogen) atoms. The van der Waals surface area contributed by atoms with Crippen molar-refractivity contribution in [3.05, 3.63) is 53.6 Å². The molecule has 0 aliphatic rings. The Bertz CT molecular complexity index is 717. The number of benzene rings is 2. The lowest BCUT2D eigenvalue weighted by Crippen LogP contribution is -2.12. The van der Waals surface area contributed by atoms with E-state index in [1.165, 1.54) is 14.2 Å². The zero-order chi connectivity index (χ0) is 19.7. The highest BCUT2D eigenvalue weighted by Gasteiger charge is 2.20. The summed E-state index contributed by atoms with van der Waals surface area (Å²) in [7, 11) is 4.57. The van der Waals surface area contributed by atoms with Gasteiger partial charge in [0.15, 0.2) is 5.78 Å². The van der Waals surface area contributed by atoms with Crippen LogP contribution in [0.2, 0.25) is 0 Å². The first-order chi connectivity index (χ1) is 12.3. The summed E-state index contributed by atoms with van der Waals surface area (Å²) in [4.78, 5) is 21.1. The van der Waals surface area contributed by atoms with Gasteiger partial charge in [-0.3, -0.25) is 4.79 Å². The predicted octanol–water partition coefficient (Wildman–Crippen LogP) is 2.25. The van der Waals surface area contributed by atoms with Crippen LogP contribution >= 0.6 is 0 Å². The monoisotopic (exact) mass is 363 g/mol. The number of carboxylic acid groups (broad SMARTS) is 1. The van der Waals surface area contributed by atoms with Crippen molar-refractivity contribution in [1.29, 1.82) is 0 Å². The Hall–Kier alpha value is -3.26. The standard InChI is InChI=1S/C17H18O5.CH3NO2/c1-20-13-6-4-11(5-7-13)16(18)17(19)12-8-14(21-2)10-15(9-12)22-3;2-1(3)4/h4-10,17,19H,1-3H3;2H2,(H,3,4). The second kappa shape index (κ2) is 9.90. The van der Waals surface area contributed by atoms with E-state index in [4.69, 9.17) is 24.1 Å². The third kappa shape index (κ3) is 5.99. The number of rotatable bonds is 6. The second-order valence-electron chi connectivity index (χ2n) is 4.98. The number of aliphatic hydroxyl groups excluding tert-OH is 1. The van der Waals surface area contributed by atoms with E-state index in [0.29, 0.717) is 28.4 Å². The average Bonchev–Trinajstić information content (AvgIpc) is 2.65. The molecule has 0 heterocycles. The van der Waals surface area contributed by atoms with Gasteiger partial charge in [0.1, 0.15) is 23.4 Å². The van der Waals surface area contributed by atoms with Gasteiger partial charge in [-0.15, -0.1) is 0 Å². The molecule has 0 saturated carbocycles. The first kappa shape index (κ1) is 20.8. The molecule has 1 amide bonds. The molecule has 2 rings (SSSR count). The van der Waals surface area contributed by atoms with Gasteiger partial charge in [-0.2, -0.15) is 0 Å². The van der Waals surface area contributed by atoms with Crippen LogP contribution in [0.15, 0.2) is 42.5 Å². The molecule has 0 aliphatic carbocycles. The number of aliphatic hydroxyl groups is 1. The topological polar surface area (TPSA) is 128 Å². The quantitative estimate of drug-likeness (QED) is 0.671. The molecule has 0 saturated heterocycles. The molecule has 2 aromatic rings. The summed E-state index contributed by atoms with van der Waals surface area (Å²) in [6, 6.07) is 11.5. The number of carbonyl (C=O) groups is 2. The summed E-state index contributed by atoms with van der Waals surface area (Å²) in [6.45, 7) is 0. The number of Topliss-reactive ketones (excluding diaryl/α,β-unsaturated/α-hetero) is 1. The number of ether oxygens (including phenoxy) is 3. The van der Waals surface area contributed by atoms with Crippen LogP contribution < -0.4 is 19.9 Å². The van der Waals surface area contributed by atoms with Gasteiger partial charge in [0, 0.05) is 11.6 Å². The van der Waals surface area contributed by atoms with E-state index in [2.05, 4.69) is 5.73 Å². The van der Waals surface area contributed by atoms with Gasteiger partial charge in [-0.05, 0) is 42.0 Å². The van der Waals surface area contributed by atoms with Crippen LogP contribution in [0.25, 0.3) is 0 Å². The largest absolute Gasteiger partial charge is 0.497 e. The van der Waals surface area contributed by atoms with Gasteiger partial charge < -0.3 is 30.2 Å². The minimum atomic E-state index is -1.33. The molecule has 0 spiro atoms. The lowest BCUT2D eigenvalue weighted by Gasteiger charge is -2.13. The Morgan fingerprint density at radius 2 is 1.31 bits per heavy atom. The smallest absolute Gasteiger partial charge is 0.402 e. The molecular formula is C18H21NO7. The van der Waals surface area contributed by atoms with Crippen LogP contribution in [0.3, 0.4) is 0 Å². The van der Waals surface area contributed by atoms with Crippen molar-refractivity contribution in [2.24, 2.45) is 5.73 Å². The third-order valence-corrected chi connectivity index (χ3v) is 3.31. The van der Waals surface area contributed by atoms with Crippen molar-refractivity contribution in [3.63, 3.8) is 0 Å². The fraction of sp³-hybridized carbons (Fsp3) is 0.222. The maximum atomic E-state index is 12.4. The highest BCUT2D eigenvalue weighted by Crippen LogP contribution is 2.28. The van der Waals surface area contributed by atoms with Gasteiger partial charge in [-0.25, -0.2) is 4.79 Å². The van der Waals surface area contributed by atoms with E-state index in [1.54, 1.807) is 49.6 Å². The van der Waals surface area contributed by atoms with Crippen LogP contribution in [0, 0.1) is 0 Å². The Labute approximate surface area is 150 Å². The van der Waals surface area contributed by atoms with Crippen LogP contribution in [0.1, 0.15) is 22.0 Å². The Balaban J connectivity index is 0.000000765. The summed E-state index contributed by atoms with van der Waals surface area (Å²) >= 11 is 0. The van der Waals surface area contributed by atoms with E-state index >= 15 is 0 Å². The van der Waals surface area contributed by atoms with Gasteiger partial charge in [0.25, 0.3) is 0 Å². The third-order valence-electron chi connectivity index (χ3n) is 3.31. The molecule has 8 heteroatoms. The number of amides is 1. The van der Waals surface area contributed by atoms with Crippen molar-refractivity contribution in [3.8, 4) is 17.2 Å². The number of ketones is 1. The molecule has 0 fully saturated rings. The molecule has 1 atom stereocenters. The number of hydrogen-bond acceptors (Lipinski definition) is 6. The maximum Gasteiger partial charge on any atom is 0.402 e. The van der Waals surface area contributed by atoms with E-state index in [1.807, 2.05) is 0 Å². The van der Waals surface area contributed by atoms with E-state index in [-0.39, 0.29) is 0 Å². The molecule has 0 bridgehead atoms. The van der Waals surface area contributed by atoms with Crippen molar-refractivity contribution < 1.29 is 34.0 Å². The van der Waals surface area contributed by atoms with Crippen LogP contribution in [-0.4, -0.2) is 43.4 Å². The lowest BCUT2D eigenvalue weighted by molar-refractivity contribution is 0.0746. The molecule has 2 aromatic carbocycles. The zero-order valence-electron chi connectivity index (χ0n) is 14.6. The maximum absolute atomic E-state index is 12.4. The summed E-state index contributed by atoms with van der Waals surface area (Å²) in [5, 5.41) is 17.5. The van der Waals surface area contributed by atoms with Crippen molar-refractivity contribution >= 4 is 11.9 Å². The minimum absolute atomic E-state index is 0.398. The van der Waals surface area contributed by atoms with Gasteiger partial charge >= 0.3 is 6.09 Å². The normalized spacial score (nSPS) is 10.8. The number of carbonyl (C=O) groups excluding carboxylic acids is 1. The van der Waals surface area contributed by atoms with E-state index < -0.39 is 18.0 Å². The number of methoxy groups -OCH3 is 3. The number of nitrogens with two attached hydrogens (primary N) is 1. The average molecular weight is 363 g/mol. The van der Waals surface area contributed by atoms with Crippen LogP contribution in [0.5, 0.6) is 17.2 Å². The molecule has 8 nitrogen and oxygen atoms in total. The Morgan fingerprint density at radius 3 is 1.69 bits per heavy atom. The first-order valence-corrected chi connectivity index (χ1v) is 7.40. The van der Waals surface area contributed by atoms with Gasteiger partial charge in [-0.1, -0.05) is 0 Å². The molecular weight excluding hydrogens is 342 g/mol. The number of primary amides is 1. The van der Waals surface area contributed by atoms with Gasteiger partial charge in [0.05, 0.1) is 21.3 Å². The van der Waals surface area contributed by atoms with Crippen molar-refractivity contribution in [2.45, 2.75) is 6.10 Å². The highest BCUT2D eigenvalue weighted by atomic mass is 16.5. The summed E-state index contributed by atoms with van der Waals surface area (Å²) in [5.41, 5.74) is 4.84. The molecule has 0 aromatic heterocycles. The summed E-state index contributed by atoms with van der Waals surface area (Å²) in [5.74, 6) is 1.26. The molecule has 0 radical (unpaired) electrons. The predicted molar refractivity (Wildman–Crippen MR) is 94.0 cm³/mol. The van der Waals surface area contributed by atoms with Crippen LogP contribution in [-0.2, 0) is 0 Å². The fourth-order valence-electron chi connectivity index (χ4n) is 2.05. The molecule has 4 N–H and O–H groups in total. The molecule has 1 unspecified atom stereocenters. The molecule has 140 valence electrons. The Morgan fingerprint density at radius 1 is 0.885 bits per heavy atom. The van der Waals surface area contributed by atoms with E-state index in [9.17, 15) is 9.90 Å². The van der Waals surface area contributed by atoms with Crippen molar-refractivity contribution in [1.82, 2.24) is 0 Å². The lowest BCUT2D eigenvalue weighted by atomic mass is 9.99. The second-order valence-corrected chi connectivity index (χ2v) is 4.98. The van der Waals surface area contributed by atoms with Gasteiger partial charge in [0.2, 0.25) is 0 Å². The first-order valence-electron chi connectivity index (χ1n) is 7.40. The van der Waals surface area contributed by atoms with Crippen LogP contribution in [0.4, 0.5) is 4.79 Å². The zero-order valence-corrected chi connectivity index (χ0v) is 14.6. The fourth-order valence-corrected chi connectivity index (χ4v) is 2.05. The SMILES string of the molecule is COc1ccc(C(=O)C(O)c2cc(OC)cc(OC)c2)cc1.NC(=O)O. The highest BCUT2D eigenvalue weighted by molar-refractivity contribution is 6.00. The minimum Gasteiger partial charge on any atom is -0.497 e. The summed E-state index contributed by atoms with van der Waals surface area (Å²) in [6.07, 6.45) is -2.63. The van der Waals surface area contributed by atoms with E-state index in [0.717, 1.165) is 0 Å². The Kier molecular flexibility index (Phi) is 7.91. The molecule has 0 aliphatic heterocycles.